The first kappa shape index (κ1) is 10.9. The Morgan fingerprint density at radius 1 is 1.50 bits per heavy atom. The molecule has 1 saturated heterocycles. The highest BCUT2D eigenvalue weighted by Crippen LogP contribution is 2.13. The van der Waals surface area contributed by atoms with Crippen molar-refractivity contribution in [2.45, 2.75) is 12.5 Å². The molecule has 1 atom stereocenters. The Balaban J connectivity index is 2.08. The largest absolute Gasteiger partial charge is 0.467 e. The SMILES string of the molecule is COc1nc(Cl)nc(NC2CNC(=O)C2)n1. The lowest BCUT2D eigenvalue weighted by Gasteiger charge is -2.10. The maximum Gasteiger partial charge on any atom is 0.322 e. The van der Waals surface area contributed by atoms with Gasteiger partial charge < -0.3 is 15.4 Å². The van der Waals surface area contributed by atoms with Crippen molar-refractivity contribution in [2.24, 2.45) is 0 Å². The molecular formula is C8H10ClN5O2. The van der Waals surface area contributed by atoms with Crippen LogP contribution >= 0.6 is 11.6 Å². The molecule has 1 fully saturated rings. The molecule has 2 N–H and O–H groups in total. The summed E-state index contributed by atoms with van der Waals surface area (Å²) in [5, 5.41) is 5.72. The molecule has 1 aromatic rings. The van der Waals surface area contributed by atoms with Crippen LogP contribution < -0.4 is 15.4 Å². The summed E-state index contributed by atoms with van der Waals surface area (Å²) in [4.78, 5) is 22.6. The Morgan fingerprint density at radius 2 is 2.31 bits per heavy atom. The van der Waals surface area contributed by atoms with Crippen molar-refractivity contribution in [2.75, 3.05) is 19.0 Å². The molecule has 0 aromatic carbocycles. The number of nitrogens with one attached hydrogen (secondary N) is 2. The van der Waals surface area contributed by atoms with E-state index in [1.165, 1.54) is 7.11 Å². The van der Waals surface area contributed by atoms with Crippen LogP contribution in [0.25, 0.3) is 0 Å². The van der Waals surface area contributed by atoms with E-state index in [0.29, 0.717) is 18.9 Å². The second-order valence-corrected chi connectivity index (χ2v) is 3.60. The lowest BCUT2D eigenvalue weighted by Crippen LogP contribution is -2.23. The number of carbonyl (C=O) groups is 1. The van der Waals surface area contributed by atoms with Gasteiger partial charge in [0.05, 0.1) is 13.2 Å². The van der Waals surface area contributed by atoms with Gasteiger partial charge in [-0.25, -0.2) is 0 Å². The van der Waals surface area contributed by atoms with Crippen molar-refractivity contribution in [1.82, 2.24) is 20.3 Å². The third-order valence-corrected chi connectivity index (χ3v) is 2.25. The zero-order valence-electron chi connectivity index (χ0n) is 8.53. The molecule has 1 aliphatic heterocycles. The average Bonchev–Trinajstić information content (AvgIpc) is 2.63. The van der Waals surface area contributed by atoms with Crippen LogP contribution in [0.4, 0.5) is 5.95 Å². The molecule has 0 radical (unpaired) electrons. The van der Waals surface area contributed by atoms with Gasteiger partial charge in [0.2, 0.25) is 17.1 Å². The van der Waals surface area contributed by atoms with Gasteiger partial charge in [0.25, 0.3) is 0 Å². The molecule has 0 bridgehead atoms. The highest BCUT2D eigenvalue weighted by Gasteiger charge is 2.22. The highest BCUT2D eigenvalue weighted by atomic mass is 35.5. The average molecular weight is 244 g/mol. The Hall–Kier alpha value is -1.63. The summed E-state index contributed by atoms with van der Waals surface area (Å²) in [6.07, 6.45) is 0.394. The Kier molecular flexibility index (Phi) is 3.04. The number of aromatic nitrogens is 3. The normalized spacial score (nSPS) is 19.4. The quantitative estimate of drug-likeness (QED) is 0.767. The van der Waals surface area contributed by atoms with Crippen LogP contribution in [0, 0.1) is 0 Å². The van der Waals surface area contributed by atoms with Gasteiger partial charge in [0, 0.05) is 13.0 Å². The number of halogens is 1. The van der Waals surface area contributed by atoms with Gasteiger partial charge in [-0.05, 0) is 11.6 Å². The summed E-state index contributed by atoms with van der Waals surface area (Å²) in [5.74, 6) is 0.308. The van der Waals surface area contributed by atoms with Crippen LogP contribution in [-0.4, -0.2) is 40.6 Å². The van der Waals surface area contributed by atoms with E-state index in [4.69, 9.17) is 16.3 Å². The third kappa shape index (κ3) is 2.48. The van der Waals surface area contributed by atoms with Crippen LogP contribution in [0.3, 0.4) is 0 Å². The predicted molar refractivity (Wildman–Crippen MR) is 56.4 cm³/mol. The standard InChI is InChI=1S/C8H10ClN5O2/c1-16-8-13-6(9)12-7(14-8)11-4-2-5(15)10-3-4/h4H,2-3H2,1H3,(H,10,15)(H,11,12,13,14). The van der Waals surface area contributed by atoms with Crippen molar-refractivity contribution in [3.8, 4) is 6.01 Å². The van der Waals surface area contributed by atoms with Crippen LogP contribution in [0.15, 0.2) is 0 Å². The lowest BCUT2D eigenvalue weighted by molar-refractivity contribution is -0.119. The molecule has 1 amide bonds. The molecular weight excluding hydrogens is 234 g/mol. The smallest absolute Gasteiger partial charge is 0.322 e. The van der Waals surface area contributed by atoms with Gasteiger partial charge in [-0.1, -0.05) is 0 Å². The van der Waals surface area contributed by atoms with E-state index in [9.17, 15) is 4.79 Å². The minimum absolute atomic E-state index is 0.00428. The van der Waals surface area contributed by atoms with Crippen LogP contribution in [0.5, 0.6) is 6.01 Å². The fourth-order valence-electron chi connectivity index (χ4n) is 1.38. The summed E-state index contributed by atoms with van der Waals surface area (Å²) < 4.78 is 4.85. The first-order valence-electron chi connectivity index (χ1n) is 4.66. The number of carbonyl (C=O) groups excluding carboxylic acids is 1. The number of rotatable bonds is 3. The zero-order chi connectivity index (χ0) is 11.5. The third-order valence-electron chi connectivity index (χ3n) is 2.08. The predicted octanol–water partition coefficient (Wildman–Crippen LogP) is -0.166. The van der Waals surface area contributed by atoms with E-state index in [-0.39, 0.29) is 23.2 Å². The minimum Gasteiger partial charge on any atom is -0.467 e. The fourth-order valence-corrected chi connectivity index (χ4v) is 1.53. The summed E-state index contributed by atoms with van der Waals surface area (Å²) in [6.45, 7) is 0.546. The number of amides is 1. The highest BCUT2D eigenvalue weighted by molar-refractivity contribution is 6.28. The van der Waals surface area contributed by atoms with Gasteiger partial charge in [0.1, 0.15) is 0 Å². The molecule has 1 aromatic heterocycles. The maximum absolute atomic E-state index is 11.0. The molecule has 0 saturated carbocycles. The summed E-state index contributed by atoms with van der Waals surface area (Å²) in [7, 11) is 1.44. The van der Waals surface area contributed by atoms with Crippen molar-refractivity contribution in [3.63, 3.8) is 0 Å². The summed E-state index contributed by atoms with van der Waals surface area (Å²) in [6, 6.07) is 0.107. The molecule has 16 heavy (non-hydrogen) atoms. The Labute approximate surface area is 96.6 Å². The van der Waals surface area contributed by atoms with Crippen molar-refractivity contribution in [1.29, 1.82) is 0 Å². The Morgan fingerprint density at radius 3 is 2.94 bits per heavy atom. The van der Waals surface area contributed by atoms with Crippen LogP contribution in [-0.2, 0) is 4.79 Å². The molecule has 1 unspecified atom stereocenters. The lowest BCUT2D eigenvalue weighted by atomic mass is 10.3. The van der Waals surface area contributed by atoms with Crippen molar-refractivity contribution >= 4 is 23.5 Å². The molecule has 86 valence electrons. The van der Waals surface area contributed by atoms with Crippen molar-refractivity contribution in [3.05, 3.63) is 5.28 Å². The number of ether oxygens (including phenoxy) is 1. The Bertz CT molecular complexity index is 413. The second kappa shape index (κ2) is 4.48. The topological polar surface area (TPSA) is 89.0 Å². The number of nitrogens with zero attached hydrogens (tertiary/aromatic N) is 3. The van der Waals surface area contributed by atoms with E-state index in [2.05, 4.69) is 25.6 Å². The number of hydrogen-bond donors (Lipinski definition) is 2. The van der Waals surface area contributed by atoms with Gasteiger partial charge in [-0.3, -0.25) is 4.79 Å². The van der Waals surface area contributed by atoms with Gasteiger partial charge >= 0.3 is 6.01 Å². The molecule has 0 aliphatic carbocycles. The summed E-state index contributed by atoms with van der Waals surface area (Å²) >= 11 is 5.68. The number of methoxy groups -OCH3 is 1. The van der Waals surface area contributed by atoms with Crippen LogP contribution in [0.2, 0.25) is 5.28 Å². The van der Waals surface area contributed by atoms with Gasteiger partial charge in [0.15, 0.2) is 0 Å². The second-order valence-electron chi connectivity index (χ2n) is 3.26. The number of hydrogen-bond acceptors (Lipinski definition) is 6. The van der Waals surface area contributed by atoms with E-state index in [0.717, 1.165) is 0 Å². The van der Waals surface area contributed by atoms with E-state index in [1.54, 1.807) is 0 Å². The molecule has 0 spiro atoms. The van der Waals surface area contributed by atoms with E-state index >= 15 is 0 Å². The van der Waals surface area contributed by atoms with Crippen LogP contribution in [0.1, 0.15) is 6.42 Å². The first-order chi connectivity index (χ1) is 7.67. The van der Waals surface area contributed by atoms with Gasteiger partial charge in [-0.2, -0.15) is 15.0 Å². The van der Waals surface area contributed by atoms with E-state index in [1.807, 2.05) is 0 Å². The molecule has 8 heteroatoms. The van der Waals surface area contributed by atoms with Crippen molar-refractivity contribution < 1.29 is 9.53 Å². The molecule has 2 heterocycles. The fraction of sp³-hybridized carbons (Fsp3) is 0.500. The van der Waals surface area contributed by atoms with Gasteiger partial charge in [-0.15, -0.1) is 0 Å². The number of anilines is 1. The van der Waals surface area contributed by atoms with E-state index < -0.39 is 0 Å². The maximum atomic E-state index is 11.0. The first-order valence-corrected chi connectivity index (χ1v) is 5.04. The molecule has 2 rings (SSSR count). The molecule has 1 aliphatic rings. The minimum atomic E-state index is -0.0318. The monoisotopic (exact) mass is 243 g/mol. The molecule has 7 nitrogen and oxygen atoms in total. The summed E-state index contributed by atoms with van der Waals surface area (Å²) in [5.41, 5.74) is 0. The zero-order valence-corrected chi connectivity index (χ0v) is 9.28.